The molecule has 6 heteroatoms. The number of fused-ring (bicyclic) bond motifs is 1. The average molecular weight is 367 g/mol. The van der Waals surface area contributed by atoms with E-state index in [9.17, 15) is 14.0 Å². The fourth-order valence-corrected chi connectivity index (χ4v) is 3.05. The molecule has 3 aromatic rings. The van der Waals surface area contributed by atoms with Crippen LogP contribution in [0.1, 0.15) is 49.3 Å². The molecule has 1 unspecified atom stereocenters. The van der Waals surface area contributed by atoms with Crippen LogP contribution in [0, 0.1) is 11.2 Å². The number of carbonyl (C=O) groups is 1. The summed E-state index contributed by atoms with van der Waals surface area (Å²) in [6.45, 7) is 6.16. The molecule has 1 aromatic heterocycles. The second-order valence-corrected chi connectivity index (χ2v) is 7.22. The highest BCUT2D eigenvalue weighted by Gasteiger charge is 2.31. The first-order chi connectivity index (χ1) is 12.8. The molecular weight excluding hydrogens is 345 g/mol. The zero-order valence-electron chi connectivity index (χ0n) is 15.5. The Balaban J connectivity index is 2.01. The number of hydrogen-bond donors (Lipinski definition) is 2. The minimum Gasteiger partial charge on any atom is -0.343 e. The Bertz CT molecular complexity index is 1030. The molecule has 0 radical (unpaired) electrons. The number of amides is 1. The zero-order chi connectivity index (χ0) is 19.6. The largest absolute Gasteiger partial charge is 0.343 e. The second kappa shape index (κ2) is 7.31. The summed E-state index contributed by atoms with van der Waals surface area (Å²) in [4.78, 5) is 25.5. The van der Waals surface area contributed by atoms with E-state index >= 15 is 0 Å². The summed E-state index contributed by atoms with van der Waals surface area (Å²) in [5.41, 5.74) is -0.177. The summed E-state index contributed by atoms with van der Waals surface area (Å²) in [6.07, 6.45) is 0.819. The topological polar surface area (TPSA) is 74.8 Å². The predicted molar refractivity (Wildman–Crippen MR) is 103 cm³/mol. The smallest absolute Gasteiger partial charge is 0.276 e. The Hall–Kier alpha value is -3.02. The summed E-state index contributed by atoms with van der Waals surface area (Å²) < 4.78 is 13.8. The van der Waals surface area contributed by atoms with E-state index in [1.165, 1.54) is 18.2 Å². The van der Waals surface area contributed by atoms with Gasteiger partial charge in [-0.15, -0.1) is 0 Å². The third-order valence-electron chi connectivity index (χ3n) is 5.07. The first kappa shape index (κ1) is 18.8. The van der Waals surface area contributed by atoms with Crippen LogP contribution in [0.25, 0.3) is 10.9 Å². The number of para-hydroxylation sites is 1. The van der Waals surface area contributed by atoms with Gasteiger partial charge in [-0.25, -0.2) is 4.39 Å². The molecule has 0 fully saturated rings. The number of nitrogens with zero attached hydrogens (tertiary/aromatic N) is 1. The van der Waals surface area contributed by atoms with Crippen molar-refractivity contribution in [1.82, 2.24) is 15.5 Å². The maximum atomic E-state index is 13.8. The van der Waals surface area contributed by atoms with Gasteiger partial charge in [-0.05, 0) is 29.5 Å². The molecule has 0 aliphatic heterocycles. The van der Waals surface area contributed by atoms with Crippen molar-refractivity contribution in [3.63, 3.8) is 0 Å². The van der Waals surface area contributed by atoms with Gasteiger partial charge in [-0.2, -0.15) is 5.10 Å². The van der Waals surface area contributed by atoms with Crippen molar-refractivity contribution in [3.05, 3.63) is 75.8 Å². The molecule has 2 aromatic carbocycles. The lowest BCUT2D eigenvalue weighted by Gasteiger charge is -2.34. The van der Waals surface area contributed by atoms with Crippen LogP contribution >= 0.6 is 0 Å². The van der Waals surface area contributed by atoms with Crippen LogP contribution in [-0.2, 0) is 0 Å². The van der Waals surface area contributed by atoms with Crippen LogP contribution in [0.15, 0.2) is 53.3 Å². The molecular formula is C21H22FN3O2. The van der Waals surface area contributed by atoms with Crippen LogP contribution in [0.2, 0.25) is 0 Å². The van der Waals surface area contributed by atoms with Gasteiger partial charge >= 0.3 is 0 Å². The molecule has 0 saturated carbocycles. The normalized spacial score (nSPS) is 12.7. The Morgan fingerprint density at radius 3 is 2.56 bits per heavy atom. The highest BCUT2D eigenvalue weighted by molar-refractivity contribution is 5.95. The maximum absolute atomic E-state index is 13.8. The first-order valence-corrected chi connectivity index (χ1v) is 8.88. The Labute approximate surface area is 156 Å². The van der Waals surface area contributed by atoms with E-state index < -0.39 is 17.2 Å². The highest BCUT2D eigenvalue weighted by Crippen LogP contribution is 2.36. The van der Waals surface area contributed by atoms with Crippen molar-refractivity contribution in [2.24, 2.45) is 5.41 Å². The van der Waals surface area contributed by atoms with Gasteiger partial charge in [0.25, 0.3) is 5.91 Å². The van der Waals surface area contributed by atoms with E-state index in [2.05, 4.69) is 29.4 Å². The Kier molecular flexibility index (Phi) is 5.08. The fourth-order valence-electron chi connectivity index (χ4n) is 3.05. The Morgan fingerprint density at radius 1 is 1.19 bits per heavy atom. The molecule has 0 aliphatic rings. The third-order valence-corrected chi connectivity index (χ3v) is 5.07. The summed E-state index contributed by atoms with van der Waals surface area (Å²) >= 11 is 0. The molecule has 0 bridgehead atoms. The van der Waals surface area contributed by atoms with Gasteiger partial charge in [-0.1, -0.05) is 57.2 Å². The number of benzene rings is 2. The minimum absolute atomic E-state index is 0.00690. The molecule has 140 valence electrons. The van der Waals surface area contributed by atoms with Crippen LogP contribution < -0.4 is 10.7 Å². The molecule has 0 spiro atoms. The van der Waals surface area contributed by atoms with Gasteiger partial charge in [-0.3, -0.25) is 14.7 Å². The lowest BCUT2D eigenvalue weighted by molar-refractivity contribution is 0.0884. The third kappa shape index (κ3) is 3.60. The second-order valence-electron chi connectivity index (χ2n) is 7.22. The van der Waals surface area contributed by atoms with Crippen molar-refractivity contribution in [3.8, 4) is 0 Å². The molecule has 27 heavy (non-hydrogen) atoms. The van der Waals surface area contributed by atoms with E-state index in [1.807, 2.05) is 37.3 Å². The van der Waals surface area contributed by atoms with Gasteiger partial charge in [0, 0.05) is 0 Å². The number of aromatic nitrogens is 2. The van der Waals surface area contributed by atoms with E-state index in [-0.39, 0.29) is 28.1 Å². The molecule has 1 amide bonds. The summed E-state index contributed by atoms with van der Waals surface area (Å²) in [5.74, 6) is -1.17. The molecule has 0 aliphatic carbocycles. The van der Waals surface area contributed by atoms with Crippen molar-refractivity contribution < 1.29 is 9.18 Å². The van der Waals surface area contributed by atoms with Gasteiger partial charge in [0.15, 0.2) is 5.69 Å². The van der Waals surface area contributed by atoms with Crippen LogP contribution in [0.3, 0.4) is 0 Å². The van der Waals surface area contributed by atoms with Crippen LogP contribution in [0.4, 0.5) is 4.39 Å². The molecule has 1 heterocycles. The first-order valence-electron chi connectivity index (χ1n) is 8.88. The van der Waals surface area contributed by atoms with Gasteiger partial charge < -0.3 is 5.32 Å². The average Bonchev–Trinajstić information content (AvgIpc) is 2.67. The standard InChI is InChI=1S/C21H22FN3O2/c1-4-21(2,3)19(13-9-6-5-7-10-13)23-20(27)17-18(26)14-11-8-12-15(22)16(14)24-25-17/h5-12,19H,4H2,1-3H3,(H,23,27)(H,24,26). The van der Waals surface area contributed by atoms with E-state index in [4.69, 9.17) is 0 Å². The van der Waals surface area contributed by atoms with Crippen molar-refractivity contribution in [2.45, 2.75) is 33.2 Å². The van der Waals surface area contributed by atoms with Crippen molar-refractivity contribution in [2.75, 3.05) is 0 Å². The Morgan fingerprint density at radius 2 is 1.89 bits per heavy atom. The van der Waals surface area contributed by atoms with Crippen LogP contribution in [-0.4, -0.2) is 16.1 Å². The lowest BCUT2D eigenvalue weighted by Crippen LogP contribution is -2.40. The van der Waals surface area contributed by atoms with E-state index in [0.29, 0.717) is 0 Å². The minimum atomic E-state index is -0.595. The molecule has 3 rings (SSSR count). The SMILES string of the molecule is CCC(C)(C)C(NC(=O)c1n[nH]c2c(F)cccc2c1=O)c1ccccc1. The highest BCUT2D eigenvalue weighted by atomic mass is 19.1. The number of rotatable bonds is 5. The van der Waals surface area contributed by atoms with Gasteiger partial charge in [0.1, 0.15) is 11.3 Å². The van der Waals surface area contributed by atoms with Gasteiger partial charge in [0.05, 0.1) is 11.4 Å². The summed E-state index contributed by atoms with van der Waals surface area (Å²) in [6, 6.07) is 13.4. The molecule has 0 saturated heterocycles. The number of H-pyrrole nitrogens is 1. The molecule has 5 nitrogen and oxygen atoms in total. The monoisotopic (exact) mass is 367 g/mol. The van der Waals surface area contributed by atoms with Crippen LogP contribution in [0.5, 0.6) is 0 Å². The number of hydrogen-bond acceptors (Lipinski definition) is 3. The number of carbonyl (C=O) groups excluding carboxylic acids is 1. The van der Waals surface area contributed by atoms with Crippen molar-refractivity contribution >= 4 is 16.8 Å². The zero-order valence-corrected chi connectivity index (χ0v) is 15.5. The van der Waals surface area contributed by atoms with Gasteiger partial charge in [0.2, 0.25) is 5.43 Å². The number of aromatic amines is 1. The number of nitrogens with one attached hydrogen (secondary N) is 2. The van der Waals surface area contributed by atoms with E-state index in [1.54, 1.807) is 0 Å². The summed E-state index contributed by atoms with van der Waals surface area (Å²) in [7, 11) is 0. The van der Waals surface area contributed by atoms with E-state index in [0.717, 1.165) is 12.0 Å². The predicted octanol–water partition coefficient (Wildman–Crippen LogP) is 3.97. The maximum Gasteiger partial charge on any atom is 0.276 e. The quantitative estimate of drug-likeness (QED) is 0.716. The molecule has 2 N–H and O–H groups in total. The van der Waals surface area contributed by atoms with Crippen molar-refractivity contribution in [1.29, 1.82) is 0 Å². The lowest BCUT2D eigenvalue weighted by atomic mass is 9.78. The fraction of sp³-hybridized carbons (Fsp3) is 0.286. The molecule has 1 atom stereocenters. The number of halogens is 1. The summed E-state index contributed by atoms with van der Waals surface area (Å²) in [5, 5.41) is 9.37.